The summed E-state index contributed by atoms with van der Waals surface area (Å²) < 4.78 is 10.8. The van der Waals surface area contributed by atoms with Crippen LogP contribution in [-0.2, 0) is 23.7 Å². The Morgan fingerprint density at radius 2 is 2.00 bits per heavy atom. The molecule has 12 heteroatoms. The molecule has 3 atom stereocenters. The van der Waals surface area contributed by atoms with Gasteiger partial charge in [-0.1, -0.05) is 37.0 Å². The van der Waals surface area contributed by atoms with E-state index in [9.17, 15) is 19.5 Å². The molecule has 0 aliphatic carbocycles. The van der Waals surface area contributed by atoms with Crippen LogP contribution in [0.3, 0.4) is 0 Å². The van der Waals surface area contributed by atoms with Crippen LogP contribution in [0.25, 0.3) is 0 Å². The molecule has 1 heterocycles. The largest absolute Gasteiger partial charge is 0.552 e. The molecule has 1 aromatic carbocycles. The van der Waals surface area contributed by atoms with Crippen molar-refractivity contribution in [2.24, 2.45) is 5.92 Å². The molecule has 0 saturated carbocycles. The zero-order valence-electron chi connectivity index (χ0n) is 16.8. The van der Waals surface area contributed by atoms with Gasteiger partial charge >= 0.3 is 19.1 Å². The van der Waals surface area contributed by atoms with Gasteiger partial charge in [-0.3, -0.25) is 9.59 Å². The maximum atomic E-state index is 12.5. The van der Waals surface area contributed by atoms with E-state index in [1.165, 1.54) is 7.05 Å². The normalized spacial score (nSPS) is 19.9. The third-order valence-corrected chi connectivity index (χ3v) is 4.96. The SMILES string of the molecule is CN[C@@H]1C(=O)OB([C@H](CC(C)C)NC(=O)CNc2cc(Cl)ccc2Cl)O[C@H]1C(=O)O. The summed E-state index contributed by atoms with van der Waals surface area (Å²) in [7, 11) is 0.204. The number of carbonyl (C=O) groups excluding carboxylic acids is 2. The Balaban J connectivity index is 2.07. The van der Waals surface area contributed by atoms with Crippen molar-refractivity contribution < 1.29 is 28.8 Å². The smallest absolute Gasteiger partial charge is 0.507 e. The zero-order chi connectivity index (χ0) is 22.4. The third-order valence-electron chi connectivity index (χ3n) is 4.39. The quantitative estimate of drug-likeness (QED) is 0.410. The van der Waals surface area contributed by atoms with E-state index in [4.69, 9.17) is 32.5 Å². The second-order valence-corrected chi connectivity index (χ2v) is 8.09. The van der Waals surface area contributed by atoms with Crippen molar-refractivity contribution in [3.63, 3.8) is 0 Å². The van der Waals surface area contributed by atoms with Gasteiger partial charge in [0, 0.05) is 5.02 Å². The number of carboxylic acids is 1. The standard InChI is InChI=1S/C18H24BCl2N3O6/c1-9(2)6-13(19-29-16(17(26)27)15(22-3)18(28)30-19)24-14(25)8-23-12-7-10(20)4-5-11(12)21/h4-5,7,9,13,15-16,22-23H,6,8H2,1-3H3,(H,24,25)(H,26,27)/t13-,15-,16+/m0/s1. The van der Waals surface area contributed by atoms with Crippen LogP contribution in [0.5, 0.6) is 0 Å². The van der Waals surface area contributed by atoms with Crippen molar-refractivity contribution in [3.05, 3.63) is 28.2 Å². The summed E-state index contributed by atoms with van der Waals surface area (Å²) in [5, 5.41) is 18.4. The predicted octanol–water partition coefficient (Wildman–Crippen LogP) is 1.58. The number of benzene rings is 1. The van der Waals surface area contributed by atoms with Crippen molar-refractivity contribution in [1.82, 2.24) is 10.6 Å². The summed E-state index contributed by atoms with van der Waals surface area (Å²) in [6, 6.07) is 3.68. The lowest BCUT2D eigenvalue weighted by Gasteiger charge is -2.35. The average molecular weight is 460 g/mol. The monoisotopic (exact) mass is 459 g/mol. The third kappa shape index (κ3) is 6.50. The molecule has 2 rings (SSSR count). The van der Waals surface area contributed by atoms with E-state index in [0.29, 0.717) is 22.2 Å². The van der Waals surface area contributed by atoms with Gasteiger partial charge in [0.2, 0.25) is 5.91 Å². The molecule has 1 amide bonds. The maximum Gasteiger partial charge on any atom is 0.552 e. The minimum Gasteiger partial charge on any atom is -0.507 e. The van der Waals surface area contributed by atoms with E-state index < -0.39 is 43.1 Å². The number of rotatable bonds is 9. The highest BCUT2D eigenvalue weighted by molar-refractivity contribution is 6.50. The summed E-state index contributed by atoms with van der Waals surface area (Å²) in [6.07, 6.45) is -1.03. The Hall–Kier alpha value is -2.01. The fourth-order valence-electron chi connectivity index (χ4n) is 3.02. The van der Waals surface area contributed by atoms with Gasteiger partial charge in [-0.25, -0.2) is 4.79 Å². The molecule has 1 aromatic rings. The molecule has 1 aliphatic rings. The second-order valence-electron chi connectivity index (χ2n) is 7.25. The Morgan fingerprint density at radius 1 is 1.30 bits per heavy atom. The van der Waals surface area contributed by atoms with Gasteiger partial charge in [-0.05, 0) is 37.6 Å². The van der Waals surface area contributed by atoms with Crippen LogP contribution < -0.4 is 16.0 Å². The van der Waals surface area contributed by atoms with Gasteiger partial charge in [0.15, 0.2) is 6.10 Å². The highest BCUT2D eigenvalue weighted by atomic mass is 35.5. The molecular formula is C18H24BCl2N3O6. The van der Waals surface area contributed by atoms with E-state index in [-0.39, 0.29) is 12.5 Å². The number of carbonyl (C=O) groups is 3. The number of amides is 1. The van der Waals surface area contributed by atoms with E-state index in [1.54, 1.807) is 18.2 Å². The number of carboxylic acid groups (broad SMARTS) is 1. The molecule has 1 aliphatic heterocycles. The van der Waals surface area contributed by atoms with Crippen molar-refractivity contribution >= 4 is 53.9 Å². The number of anilines is 1. The van der Waals surface area contributed by atoms with Crippen molar-refractivity contribution in [3.8, 4) is 0 Å². The summed E-state index contributed by atoms with van der Waals surface area (Å²) >= 11 is 12.0. The first-order chi connectivity index (χ1) is 14.1. The molecule has 1 saturated heterocycles. The fraction of sp³-hybridized carbons (Fsp3) is 0.500. The van der Waals surface area contributed by atoms with Crippen LogP contribution in [-0.4, -0.2) is 61.8 Å². The number of hydrogen-bond acceptors (Lipinski definition) is 7. The van der Waals surface area contributed by atoms with Crippen LogP contribution in [0.1, 0.15) is 20.3 Å². The topological polar surface area (TPSA) is 126 Å². The Bertz CT molecular complexity index is 797. The summed E-state index contributed by atoms with van der Waals surface area (Å²) in [4.78, 5) is 36.2. The van der Waals surface area contributed by atoms with Gasteiger partial charge in [0.05, 0.1) is 23.2 Å². The summed E-state index contributed by atoms with van der Waals surface area (Å²) in [6.45, 7) is 3.70. The lowest BCUT2D eigenvalue weighted by Crippen LogP contribution is -2.63. The first-order valence-corrected chi connectivity index (χ1v) is 10.1. The first-order valence-electron chi connectivity index (χ1n) is 9.36. The molecule has 0 bridgehead atoms. The number of aliphatic carboxylic acids is 1. The minimum absolute atomic E-state index is 0.109. The second kappa shape index (κ2) is 10.9. The van der Waals surface area contributed by atoms with Crippen LogP contribution in [0.15, 0.2) is 18.2 Å². The Morgan fingerprint density at radius 3 is 2.60 bits per heavy atom. The van der Waals surface area contributed by atoms with Gasteiger partial charge in [-0.15, -0.1) is 0 Å². The highest BCUT2D eigenvalue weighted by Gasteiger charge is 2.49. The van der Waals surface area contributed by atoms with Gasteiger partial charge in [0.25, 0.3) is 0 Å². The zero-order valence-corrected chi connectivity index (χ0v) is 18.3. The molecule has 0 spiro atoms. The molecular weight excluding hydrogens is 436 g/mol. The van der Waals surface area contributed by atoms with Crippen LogP contribution in [0, 0.1) is 5.92 Å². The van der Waals surface area contributed by atoms with Crippen molar-refractivity contribution in [2.45, 2.75) is 38.4 Å². The van der Waals surface area contributed by atoms with Gasteiger partial charge in [0.1, 0.15) is 6.04 Å². The predicted molar refractivity (Wildman–Crippen MR) is 114 cm³/mol. The van der Waals surface area contributed by atoms with E-state index in [2.05, 4.69) is 16.0 Å². The lowest BCUT2D eigenvalue weighted by molar-refractivity contribution is -0.161. The number of nitrogens with one attached hydrogen (secondary N) is 3. The lowest BCUT2D eigenvalue weighted by atomic mass is 9.72. The number of likely N-dealkylation sites (N-methyl/N-ethyl adjacent to an activating group) is 1. The summed E-state index contributed by atoms with van der Waals surface area (Å²) in [5.74, 6) is -3.11. The average Bonchev–Trinajstić information content (AvgIpc) is 2.67. The van der Waals surface area contributed by atoms with E-state index in [0.717, 1.165) is 0 Å². The van der Waals surface area contributed by atoms with E-state index >= 15 is 0 Å². The van der Waals surface area contributed by atoms with Gasteiger partial charge < -0.3 is 30.4 Å². The Labute approximate surface area is 184 Å². The number of halogens is 2. The van der Waals surface area contributed by atoms with Crippen molar-refractivity contribution in [2.75, 3.05) is 18.9 Å². The summed E-state index contributed by atoms with van der Waals surface area (Å²) in [5.41, 5.74) is 0.489. The molecule has 30 heavy (non-hydrogen) atoms. The minimum atomic E-state index is -1.43. The Kier molecular flexibility index (Phi) is 8.78. The van der Waals surface area contributed by atoms with Crippen LogP contribution in [0.2, 0.25) is 10.0 Å². The van der Waals surface area contributed by atoms with Gasteiger partial charge in [-0.2, -0.15) is 0 Å². The molecule has 0 radical (unpaired) electrons. The first kappa shape index (κ1) is 24.3. The number of hydrogen-bond donors (Lipinski definition) is 4. The highest BCUT2D eigenvalue weighted by Crippen LogP contribution is 2.25. The van der Waals surface area contributed by atoms with Crippen molar-refractivity contribution in [1.29, 1.82) is 0 Å². The fourth-order valence-corrected chi connectivity index (χ4v) is 3.38. The van der Waals surface area contributed by atoms with Crippen LogP contribution >= 0.6 is 23.2 Å². The molecule has 0 aromatic heterocycles. The molecule has 9 nitrogen and oxygen atoms in total. The molecule has 4 N–H and O–H groups in total. The molecule has 1 fully saturated rings. The van der Waals surface area contributed by atoms with Crippen LogP contribution in [0.4, 0.5) is 5.69 Å². The molecule has 0 unspecified atom stereocenters. The van der Waals surface area contributed by atoms with E-state index in [1.807, 2.05) is 13.8 Å². The molecule has 164 valence electrons. The maximum absolute atomic E-state index is 12.5.